The van der Waals surface area contributed by atoms with Gasteiger partial charge in [-0.3, -0.25) is 9.59 Å². The molecule has 0 fully saturated rings. The molecule has 1 atom stereocenters. The smallest absolute Gasteiger partial charge is 0.358 e. The zero-order chi connectivity index (χ0) is 26.4. The molecule has 0 aliphatic heterocycles. The molecule has 4 rings (SSSR count). The first-order valence-electron chi connectivity index (χ1n) is 11.5. The molecule has 0 spiro atoms. The van der Waals surface area contributed by atoms with Crippen LogP contribution < -0.4 is 5.32 Å². The lowest BCUT2D eigenvalue weighted by Crippen LogP contribution is -2.25. The molecule has 8 nitrogen and oxygen atoms in total. The van der Waals surface area contributed by atoms with Gasteiger partial charge in [-0.15, -0.1) is 0 Å². The van der Waals surface area contributed by atoms with Crippen molar-refractivity contribution in [1.29, 1.82) is 0 Å². The van der Waals surface area contributed by atoms with Gasteiger partial charge in [0.25, 0.3) is 5.91 Å². The average molecular weight is 502 g/mol. The van der Waals surface area contributed by atoms with E-state index in [1.54, 1.807) is 73.7 Å². The number of carbonyl (C=O) groups excluding carboxylic acids is 3. The van der Waals surface area contributed by atoms with Gasteiger partial charge in [0.1, 0.15) is 11.5 Å². The molecule has 188 valence electrons. The van der Waals surface area contributed by atoms with Crippen molar-refractivity contribution >= 4 is 23.5 Å². The highest BCUT2D eigenvalue weighted by molar-refractivity contribution is 5.96. The first kappa shape index (κ1) is 25.3. The third-order valence-corrected chi connectivity index (χ3v) is 5.32. The number of rotatable bonds is 8. The van der Waals surface area contributed by atoms with Gasteiger partial charge < -0.3 is 14.8 Å². The van der Waals surface area contributed by atoms with Crippen molar-refractivity contribution in [2.24, 2.45) is 0 Å². The molecule has 3 aromatic carbocycles. The van der Waals surface area contributed by atoms with E-state index in [4.69, 9.17) is 9.47 Å². The highest BCUT2D eigenvalue weighted by atomic mass is 19.1. The Morgan fingerprint density at radius 1 is 0.973 bits per heavy atom. The number of nitrogens with one attached hydrogen (secondary N) is 1. The van der Waals surface area contributed by atoms with E-state index in [1.807, 2.05) is 0 Å². The van der Waals surface area contributed by atoms with Crippen molar-refractivity contribution in [2.75, 3.05) is 11.9 Å². The number of carbonyl (C=O) groups is 3. The molecular weight excluding hydrogens is 477 g/mol. The number of amides is 1. The summed E-state index contributed by atoms with van der Waals surface area (Å²) < 4.78 is 26.3. The minimum absolute atomic E-state index is 0.00791. The Balaban J connectivity index is 1.70. The number of benzene rings is 3. The second kappa shape index (κ2) is 11.3. The van der Waals surface area contributed by atoms with Crippen LogP contribution in [0.25, 0.3) is 16.9 Å². The summed E-state index contributed by atoms with van der Waals surface area (Å²) in [6.07, 6.45) is -1.15. The van der Waals surface area contributed by atoms with E-state index in [0.717, 1.165) is 0 Å². The minimum atomic E-state index is -1.15. The SMILES string of the molecule is CCOC(=O)c1cc(-c2cccc(NC(=O)C(OC(C)=O)c3ccccc3)c2)n(-c2ccccc2F)n1. The number of nitrogens with zero attached hydrogens (tertiary/aromatic N) is 2. The van der Waals surface area contributed by atoms with E-state index in [0.29, 0.717) is 22.5 Å². The Hall–Kier alpha value is -4.79. The normalized spacial score (nSPS) is 11.4. The number of aromatic nitrogens is 2. The van der Waals surface area contributed by atoms with Crippen LogP contribution in [0, 0.1) is 5.82 Å². The Morgan fingerprint density at radius 2 is 1.70 bits per heavy atom. The van der Waals surface area contributed by atoms with Crippen LogP contribution in [-0.4, -0.2) is 34.2 Å². The molecule has 0 saturated carbocycles. The zero-order valence-corrected chi connectivity index (χ0v) is 20.2. The molecule has 1 aromatic heterocycles. The highest BCUT2D eigenvalue weighted by Crippen LogP contribution is 2.28. The van der Waals surface area contributed by atoms with Crippen molar-refractivity contribution < 1.29 is 28.2 Å². The summed E-state index contributed by atoms with van der Waals surface area (Å²) in [4.78, 5) is 37.1. The number of halogens is 1. The van der Waals surface area contributed by atoms with Crippen LogP contribution in [0.3, 0.4) is 0 Å². The van der Waals surface area contributed by atoms with Crippen LogP contribution in [0.4, 0.5) is 10.1 Å². The predicted molar refractivity (Wildman–Crippen MR) is 134 cm³/mol. The number of anilines is 1. The molecule has 9 heteroatoms. The van der Waals surface area contributed by atoms with Crippen LogP contribution in [0.2, 0.25) is 0 Å². The molecule has 0 bridgehead atoms. The zero-order valence-electron chi connectivity index (χ0n) is 20.2. The second-order valence-electron chi connectivity index (χ2n) is 7.97. The van der Waals surface area contributed by atoms with Crippen molar-refractivity contribution in [2.45, 2.75) is 20.0 Å². The number of ether oxygens (including phenoxy) is 2. The van der Waals surface area contributed by atoms with Gasteiger partial charge in [-0.25, -0.2) is 13.9 Å². The fourth-order valence-corrected chi connectivity index (χ4v) is 3.73. The highest BCUT2D eigenvalue weighted by Gasteiger charge is 2.24. The van der Waals surface area contributed by atoms with Crippen molar-refractivity contribution in [1.82, 2.24) is 9.78 Å². The lowest BCUT2D eigenvalue weighted by atomic mass is 10.1. The monoisotopic (exact) mass is 501 g/mol. The molecule has 0 saturated heterocycles. The topological polar surface area (TPSA) is 99.5 Å². The van der Waals surface area contributed by atoms with Crippen molar-refractivity contribution in [3.63, 3.8) is 0 Å². The van der Waals surface area contributed by atoms with E-state index in [2.05, 4.69) is 10.4 Å². The van der Waals surface area contributed by atoms with E-state index in [9.17, 15) is 18.8 Å². The number of hydrogen-bond acceptors (Lipinski definition) is 6. The summed E-state index contributed by atoms with van der Waals surface area (Å²) in [5.74, 6) is -2.32. The molecule has 4 aromatic rings. The third kappa shape index (κ3) is 5.90. The summed E-state index contributed by atoms with van der Waals surface area (Å²) >= 11 is 0. The lowest BCUT2D eigenvalue weighted by Gasteiger charge is -2.17. The molecule has 1 amide bonds. The Kier molecular flexibility index (Phi) is 7.73. The molecule has 1 unspecified atom stereocenters. The average Bonchev–Trinajstić information content (AvgIpc) is 3.34. The summed E-state index contributed by atoms with van der Waals surface area (Å²) in [5.41, 5.74) is 2.02. The van der Waals surface area contributed by atoms with Crippen LogP contribution in [0.5, 0.6) is 0 Å². The van der Waals surface area contributed by atoms with Gasteiger partial charge in [-0.05, 0) is 37.3 Å². The summed E-state index contributed by atoms with van der Waals surface area (Å²) in [6, 6.07) is 22.9. The largest absolute Gasteiger partial charge is 0.461 e. The van der Waals surface area contributed by atoms with Crippen LogP contribution in [0.1, 0.15) is 36.0 Å². The summed E-state index contributed by atoms with van der Waals surface area (Å²) in [7, 11) is 0. The molecule has 1 heterocycles. The van der Waals surface area contributed by atoms with Gasteiger partial charge in [0, 0.05) is 23.7 Å². The van der Waals surface area contributed by atoms with Crippen LogP contribution >= 0.6 is 0 Å². The third-order valence-electron chi connectivity index (χ3n) is 5.32. The van der Waals surface area contributed by atoms with E-state index < -0.39 is 29.8 Å². The van der Waals surface area contributed by atoms with Gasteiger partial charge in [0.2, 0.25) is 6.10 Å². The Labute approximate surface area is 212 Å². The van der Waals surface area contributed by atoms with Crippen LogP contribution in [0.15, 0.2) is 84.9 Å². The first-order chi connectivity index (χ1) is 17.9. The van der Waals surface area contributed by atoms with Gasteiger partial charge >= 0.3 is 11.9 Å². The summed E-state index contributed by atoms with van der Waals surface area (Å²) in [6.45, 7) is 3.07. The Morgan fingerprint density at radius 3 is 2.41 bits per heavy atom. The molecule has 0 aliphatic rings. The standard InChI is InChI=1S/C28H24FN3O5/c1-3-36-28(35)23-17-25(32(31-23)24-15-8-7-14-22(24)29)20-12-9-13-21(16-20)30-27(34)26(37-18(2)33)19-10-5-4-6-11-19/h4-17,26H,3H2,1-2H3,(H,30,34). The maximum atomic E-state index is 14.7. The van der Waals surface area contributed by atoms with E-state index in [1.165, 1.54) is 29.8 Å². The first-order valence-corrected chi connectivity index (χ1v) is 11.5. The van der Waals surface area contributed by atoms with Crippen molar-refractivity contribution in [3.8, 4) is 16.9 Å². The quantitative estimate of drug-likeness (QED) is 0.337. The van der Waals surface area contributed by atoms with Crippen molar-refractivity contribution in [3.05, 3.63) is 102 Å². The lowest BCUT2D eigenvalue weighted by molar-refractivity contribution is -0.152. The second-order valence-corrected chi connectivity index (χ2v) is 7.97. The Bertz CT molecular complexity index is 1430. The molecule has 0 radical (unpaired) electrons. The molecule has 0 aliphatic carbocycles. The van der Waals surface area contributed by atoms with E-state index >= 15 is 0 Å². The maximum Gasteiger partial charge on any atom is 0.358 e. The molecule has 37 heavy (non-hydrogen) atoms. The maximum absolute atomic E-state index is 14.7. The fraction of sp³-hybridized carbons (Fsp3) is 0.143. The van der Waals surface area contributed by atoms with Gasteiger partial charge in [0.05, 0.1) is 12.3 Å². The minimum Gasteiger partial charge on any atom is -0.461 e. The van der Waals surface area contributed by atoms with Gasteiger partial charge in [-0.2, -0.15) is 5.10 Å². The van der Waals surface area contributed by atoms with Gasteiger partial charge in [0.15, 0.2) is 5.69 Å². The number of hydrogen-bond donors (Lipinski definition) is 1. The molecular formula is C28H24FN3O5. The number of esters is 2. The summed E-state index contributed by atoms with van der Waals surface area (Å²) in [5, 5.41) is 7.05. The fourth-order valence-electron chi connectivity index (χ4n) is 3.73. The molecule has 1 N–H and O–H groups in total. The number of para-hydroxylation sites is 1. The van der Waals surface area contributed by atoms with E-state index in [-0.39, 0.29) is 18.0 Å². The predicted octanol–water partition coefficient (Wildman–Crippen LogP) is 5.10. The van der Waals surface area contributed by atoms with Gasteiger partial charge in [-0.1, -0.05) is 54.6 Å². The van der Waals surface area contributed by atoms with Crippen LogP contribution in [-0.2, 0) is 19.1 Å².